The Morgan fingerprint density at radius 3 is 2.54 bits per heavy atom. The van der Waals surface area contributed by atoms with Gasteiger partial charge in [0.05, 0.1) is 6.10 Å². The first-order chi connectivity index (χ1) is 11.4. The van der Waals surface area contributed by atoms with Gasteiger partial charge in [0, 0.05) is 32.2 Å². The number of carbonyl (C=O) groups excluding carboxylic acids is 1. The van der Waals surface area contributed by atoms with Crippen molar-refractivity contribution in [1.82, 2.24) is 15.5 Å². The highest BCUT2D eigenvalue weighted by molar-refractivity contribution is 5.74. The lowest BCUT2D eigenvalue weighted by atomic mass is 10.0. The van der Waals surface area contributed by atoms with Gasteiger partial charge in [0.15, 0.2) is 0 Å². The quantitative estimate of drug-likeness (QED) is 0.701. The van der Waals surface area contributed by atoms with Crippen LogP contribution in [0.25, 0.3) is 0 Å². The number of piperidine rings is 1. The zero-order valence-electron chi connectivity index (χ0n) is 14.7. The van der Waals surface area contributed by atoms with Gasteiger partial charge >= 0.3 is 6.03 Å². The Morgan fingerprint density at radius 2 is 1.96 bits per heavy atom. The minimum absolute atomic E-state index is 0.197. The third-order valence-electron chi connectivity index (χ3n) is 4.33. The number of likely N-dealkylation sites (tertiary alicyclic amines) is 1. The molecule has 1 atom stereocenters. The summed E-state index contributed by atoms with van der Waals surface area (Å²) in [7, 11) is 0. The monoisotopic (exact) mass is 331 g/mol. The molecule has 3 N–H and O–H groups in total. The SMILES string of the molecule is C=C(C)CN1CCC(NC(=O)NC[C@@H](O)c2ccc(C)cc2)CC1. The van der Waals surface area contributed by atoms with E-state index >= 15 is 0 Å². The number of amides is 2. The standard InChI is InChI=1S/C19H29N3O2/c1-14(2)13-22-10-8-17(9-11-22)21-19(24)20-12-18(23)16-6-4-15(3)5-7-16/h4-7,17-18,23H,1,8-13H2,2-3H3,(H2,20,21,24)/t18-/m1/s1. The molecule has 1 aliphatic rings. The summed E-state index contributed by atoms with van der Waals surface area (Å²) in [6, 6.07) is 7.67. The molecule has 2 rings (SSSR count). The number of nitrogens with one attached hydrogen (secondary N) is 2. The minimum Gasteiger partial charge on any atom is -0.387 e. The van der Waals surface area contributed by atoms with Crippen molar-refractivity contribution in [2.45, 2.75) is 38.8 Å². The van der Waals surface area contributed by atoms with Crippen molar-refractivity contribution in [3.8, 4) is 0 Å². The Balaban J connectivity index is 1.68. The van der Waals surface area contributed by atoms with E-state index in [0.717, 1.165) is 43.6 Å². The molecule has 1 aliphatic heterocycles. The molecule has 1 saturated heterocycles. The number of aliphatic hydroxyl groups is 1. The van der Waals surface area contributed by atoms with Crippen LogP contribution < -0.4 is 10.6 Å². The molecule has 0 spiro atoms. The van der Waals surface area contributed by atoms with Crippen molar-refractivity contribution in [1.29, 1.82) is 0 Å². The summed E-state index contributed by atoms with van der Waals surface area (Å²) in [5, 5.41) is 15.9. The highest BCUT2D eigenvalue weighted by Gasteiger charge is 2.20. The molecule has 0 unspecified atom stereocenters. The Bertz CT molecular complexity index is 548. The Kier molecular flexibility index (Phi) is 6.82. The lowest BCUT2D eigenvalue weighted by molar-refractivity contribution is 0.169. The van der Waals surface area contributed by atoms with Gasteiger partial charge in [0.2, 0.25) is 0 Å². The number of nitrogens with zero attached hydrogens (tertiary/aromatic N) is 1. The van der Waals surface area contributed by atoms with Gasteiger partial charge in [-0.1, -0.05) is 42.0 Å². The Hall–Kier alpha value is -1.85. The van der Waals surface area contributed by atoms with Gasteiger partial charge < -0.3 is 15.7 Å². The molecule has 0 aromatic heterocycles. The Labute approximate surface area is 144 Å². The lowest BCUT2D eigenvalue weighted by Crippen LogP contribution is -2.48. The van der Waals surface area contributed by atoms with Gasteiger partial charge in [0.1, 0.15) is 0 Å². The van der Waals surface area contributed by atoms with E-state index in [9.17, 15) is 9.90 Å². The molecule has 1 aromatic carbocycles. The highest BCUT2D eigenvalue weighted by atomic mass is 16.3. The van der Waals surface area contributed by atoms with E-state index in [0.29, 0.717) is 0 Å². The zero-order chi connectivity index (χ0) is 17.5. The van der Waals surface area contributed by atoms with E-state index in [2.05, 4.69) is 22.1 Å². The summed E-state index contributed by atoms with van der Waals surface area (Å²) in [6.07, 6.45) is 1.20. The summed E-state index contributed by atoms with van der Waals surface area (Å²) in [5.74, 6) is 0. The molecular weight excluding hydrogens is 302 g/mol. The van der Waals surface area contributed by atoms with Crippen LogP contribution in [0.2, 0.25) is 0 Å². The van der Waals surface area contributed by atoms with E-state index in [4.69, 9.17) is 0 Å². The van der Waals surface area contributed by atoms with Crippen LogP contribution in [0.5, 0.6) is 0 Å². The van der Waals surface area contributed by atoms with Crippen molar-refractivity contribution in [2.75, 3.05) is 26.2 Å². The number of rotatable bonds is 6. The summed E-state index contributed by atoms with van der Waals surface area (Å²) in [5.41, 5.74) is 3.13. The van der Waals surface area contributed by atoms with Crippen LogP contribution >= 0.6 is 0 Å². The summed E-state index contributed by atoms with van der Waals surface area (Å²) in [6.45, 7) is 11.1. The molecule has 5 nitrogen and oxygen atoms in total. The van der Waals surface area contributed by atoms with Crippen molar-refractivity contribution in [2.24, 2.45) is 0 Å². The number of hydrogen-bond donors (Lipinski definition) is 3. The van der Waals surface area contributed by atoms with Gasteiger partial charge in [-0.15, -0.1) is 0 Å². The van der Waals surface area contributed by atoms with Crippen LogP contribution in [0, 0.1) is 6.92 Å². The molecule has 2 amide bonds. The average Bonchev–Trinajstić information content (AvgIpc) is 2.54. The van der Waals surface area contributed by atoms with Gasteiger partial charge in [-0.2, -0.15) is 0 Å². The maximum atomic E-state index is 12.0. The maximum Gasteiger partial charge on any atom is 0.315 e. The average molecular weight is 331 g/mol. The third kappa shape index (κ3) is 5.98. The largest absolute Gasteiger partial charge is 0.387 e. The second-order valence-corrected chi connectivity index (χ2v) is 6.79. The minimum atomic E-state index is -0.686. The predicted octanol–water partition coefficient (Wildman–Crippen LogP) is 2.37. The summed E-state index contributed by atoms with van der Waals surface area (Å²) in [4.78, 5) is 14.4. The molecule has 132 valence electrons. The molecule has 0 aliphatic carbocycles. The number of carbonyl (C=O) groups is 1. The fourth-order valence-corrected chi connectivity index (χ4v) is 2.95. The molecular formula is C19H29N3O2. The normalized spacial score (nSPS) is 17.3. The molecule has 0 bridgehead atoms. The van der Waals surface area contributed by atoms with Crippen molar-refractivity contribution >= 4 is 6.03 Å². The molecule has 1 aromatic rings. The van der Waals surface area contributed by atoms with Crippen LogP contribution in [-0.2, 0) is 0 Å². The molecule has 0 radical (unpaired) electrons. The zero-order valence-corrected chi connectivity index (χ0v) is 14.7. The first-order valence-corrected chi connectivity index (χ1v) is 8.60. The van der Waals surface area contributed by atoms with Crippen LogP contribution in [-0.4, -0.2) is 48.3 Å². The van der Waals surface area contributed by atoms with Gasteiger partial charge in [0.25, 0.3) is 0 Å². The van der Waals surface area contributed by atoms with Gasteiger partial charge in [-0.3, -0.25) is 4.90 Å². The van der Waals surface area contributed by atoms with E-state index in [1.54, 1.807) is 0 Å². The molecule has 1 heterocycles. The van der Waals surface area contributed by atoms with Crippen molar-refractivity contribution in [3.63, 3.8) is 0 Å². The number of urea groups is 1. The van der Waals surface area contributed by atoms with Gasteiger partial charge in [-0.25, -0.2) is 4.79 Å². The van der Waals surface area contributed by atoms with Crippen LogP contribution in [0.1, 0.15) is 37.0 Å². The lowest BCUT2D eigenvalue weighted by Gasteiger charge is -2.32. The number of benzene rings is 1. The molecule has 0 saturated carbocycles. The van der Waals surface area contributed by atoms with Crippen molar-refractivity contribution in [3.05, 3.63) is 47.5 Å². The maximum absolute atomic E-state index is 12.0. The highest BCUT2D eigenvalue weighted by Crippen LogP contribution is 2.13. The van der Waals surface area contributed by atoms with E-state index in [1.165, 1.54) is 5.57 Å². The molecule has 1 fully saturated rings. The third-order valence-corrected chi connectivity index (χ3v) is 4.33. The van der Waals surface area contributed by atoms with E-state index in [-0.39, 0.29) is 18.6 Å². The van der Waals surface area contributed by atoms with E-state index < -0.39 is 6.10 Å². The Morgan fingerprint density at radius 1 is 1.33 bits per heavy atom. The van der Waals surface area contributed by atoms with Gasteiger partial charge in [-0.05, 0) is 32.3 Å². The second kappa shape index (κ2) is 8.85. The number of aryl methyl sites for hydroxylation is 1. The van der Waals surface area contributed by atoms with Crippen LogP contribution in [0.4, 0.5) is 4.79 Å². The first kappa shape index (κ1) is 18.5. The number of hydrogen-bond acceptors (Lipinski definition) is 3. The number of aliphatic hydroxyl groups excluding tert-OH is 1. The fourth-order valence-electron chi connectivity index (χ4n) is 2.95. The second-order valence-electron chi connectivity index (χ2n) is 6.79. The fraction of sp³-hybridized carbons (Fsp3) is 0.526. The first-order valence-electron chi connectivity index (χ1n) is 8.60. The van der Waals surface area contributed by atoms with Crippen LogP contribution in [0.3, 0.4) is 0 Å². The molecule has 5 heteroatoms. The predicted molar refractivity (Wildman–Crippen MR) is 96.9 cm³/mol. The van der Waals surface area contributed by atoms with Crippen LogP contribution in [0.15, 0.2) is 36.4 Å². The van der Waals surface area contributed by atoms with E-state index in [1.807, 2.05) is 38.1 Å². The topological polar surface area (TPSA) is 64.6 Å². The summed E-state index contributed by atoms with van der Waals surface area (Å²) < 4.78 is 0. The molecule has 24 heavy (non-hydrogen) atoms. The van der Waals surface area contributed by atoms with Crippen molar-refractivity contribution < 1.29 is 9.90 Å². The summed E-state index contributed by atoms with van der Waals surface area (Å²) >= 11 is 0. The smallest absolute Gasteiger partial charge is 0.315 e.